The third kappa shape index (κ3) is 19.6. The SMILES string of the molecule is CCCCCCCC/C=C\CCCCCCCC(=O)OCCCO[C@H]1O[C@H](CS(=O)(=O)[O-])[C@@H](O)[C@H](O)[C@H]1O.[Na+]. The first-order valence-electron chi connectivity index (χ1n) is 14.2. The van der Waals surface area contributed by atoms with Gasteiger partial charge in [-0.2, -0.15) is 0 Å². The second kappa shape index (κ2) is 23.5. The van der Waals surface area contributed by atoms with Crippen LogP contribution in [0.5, 0.6) is 0 Å². The van der Waals surface area contributed by atoms with Crippen LogP contribution in [-0.4, -0.2) is 83.9 Å². The number of rotatable bonds is 22. The molecule has 1 rings (SSSR count). The molecule has 12 heteroatoms. The van der Waals surface area contributed by atoms with Crippen LogP contribution < -0.4 is 29.6 Å². The van der Waals surface area contributed by atoms with Crippen molar-refractivity contribution in [3.8, 4) is 0 Å². The Hall–Kier alpha value is -0.0800. The molecule has 0 unspecified atom stereocenters. The van der Waals surface area contributed by atoms with Crippen LogP contribution in [-0.2, 0) is 29.1 Å². The van der Waals surface area contributed by atoms with Gasteiger partial charge in [0.25, 0.3) is 0 Å². The quantitative estimate of drug-likeness (QED) is 0.0528. The summed E-state index contributed by atoms with van der Waals surface area (Å²) in [7, 11) is -4.73. The molecule has 0 spiro atoms. The van der Waals surface area contributed by atoms with Crippen LogP contribution in [0.1, 0.15) is 103 Å². The fourth-order valence-electron chi connectivity index (χ4n) is 4.25. The third-order valence-electron chi connectivity index (χ3n) is 6.51. The van der Waals surface area contributed by atoms with Crippen LogP contribution in [0.4, 0.5) is 0 Å². The number of carbonyl (C=O) groups excluding carboxylic acids is 1. The Morgan fingerprint density at radius 1 is 0.821 bits per heavy atom. The molecule has 0 aromatic rings. The van der Waals surface area contributed by atoms with Gasteiger partial charge in [0.1, 0.15) is 24.4 Å². The molecule has 1 heterocycles. The van der Waals surface area contributed by atoms with E-state index in [9.17, 15) is 33.1 Å². The van der Waals surface area contributed by atoms with E-state index in [-0.39, 0.29) is 55.2 Å². The number of unbranched alkanes of at least 4 members (excludes halogenated alkanes) is 11. The minimum atomic E-state index is -4.73. The van der Waals surface area contributed by atoms with E-state index in [1.165, 1.54) is 51.4 Å². The van der Waals surface area contributed by atoms with Gasteiger partial charge in [0.2, 0.25) is 0 Å². The molecule has 224 valence electrons. The van der Waals surface area contributed by atoms with Crippen molar-refractivity contribution in [1.82, 2.24) is 0 Å². The van der Waals surface area contributed by atoms with Crippen molar-refractivity contribution in [2.24, 2.45) is 0 Å². The molecule has 39 heavy (non-hydrogen) atoms. The fraction of sp³-hybridized carbons (Fsp3) is 0.889. The number of hydrogen-bond acceptors (Lipinski definition) is 10. The van der Waals surface area contributed by atoms with Gasteiger partial charge in [-0.3, -0.25) is 4.79 Å². The van der Waals surface area contributed by atoms with Crippen molar-refractivity contribution < 1.29 is 76.9 Å². The van der Waals surface area contributed by atoms with Crippen molar-refractivity contribution in [3.05, 3.63) is 12.2 Å². The second-order valence-corrected chi connectivity index (χ2v) is 11.5. The van der Waals surface area contributed by atoms with Gasteiger partial charge in [0.15, 0.2) is 6.29 Å². The molecule has 0 bridgehead atoms. The number of ether oxygens (including phenoxy) is 3. The van der Waals surface area contributed by atoms with Gasteiger partial charge in [-0.1, -0.05) is 70.4 Å². The predicted molar refractivity (Wildman–Crippen MR) is 142 cm³/mol. The molecule has 1 aliphatic heterocycles. The van der Waals surface area contributed by atoms with Crippen LogP contribution in [0, 0.1) is 0 Å². The molecule has 5 atom stereocenters. The van der Waals surface area contributed by atoms with Crippen LogP contribution in [0.15, 0.2) is 12.2 Å². The molecular weight excluding hydrogens is 539 g/mol. The summed E-state index contributed by atoms with van der Waals surface area (Å²) in [6.07, 6.45) is 12.6. The zero-order valence-electron chi connectivity index (χ0n) is 23.9. The minimum absolute atomic E-state index is 0. The van der Waals surface area contributed by atoms with E-state index >= 15 is 0 Å². The Morgan fingerprint density at radius 2 is 1.38 bits per heavy atom. The summed E-state index contributed by atoms with van der Waals surface area (Å²) in [6, 6.07) is 0. The maximum Gasteiger partial charge on any atom is 1.00 e. The molecule has 0 amide bonds. The molecule has 10 nitrogen and oxygen atoms in total. The van der Waals surface area contributed by atoms with Crippen LogP contribution in [0.25, 0.3) is 0 Å². The summed E-state index contributed by atoms with van der Waals surface area (Å²) in [5.74, 6) is -1.36. The zero-order chi connectivity index (χ0) is 28.2. The van der Waals surface area contributed by atoms with Crippen molar-refractivity contribution in [2.45, 2.75) is 134 Å². The molecule has 0 aromatic carbocycles. The van der Waals surface area contributed by atoms with E-state index in [0.717, 1.165) is 32.1 Å². The number of carbonyl (C=O) groups is 1. The Balaban J connectivity index is 0.0000144. The van der Waals surface area contributed by atoms with Crippen LogP contribution >= 0.6 is 0 Å². The molecule has 1 aliphatic rings. The largest absolute Gasteiger partial charge is 1.00 e. The molecule has 0 radical (unpaired) electrons. The predicted octanol–water partition coefficient (Wildman–Crippen LogP) is 0.331. The standard InChI is InChI=1S/C27H50O10S.Na/c1-2-3-4-5-6-7-8-9-10-11-12-13-14-15-16-18-23(28)35-19-17-20-36-27-26(31)25(30)24(29)22(37-27)21-38(32,33)34;/h9-10,22,24-27,29-31H,2-8,11-21H2,1H3,(H,32,33,34);/q;+1/p-1/b10-9-;/t22-,24-,25+,26-,27+;/m1./s1. The second-order valence-electron chi connectivity index (χ2n) is 10.0. The van der Waals surface area contributed by atoms with E-state index in [1.54, 1.807) is 0 Å². The Labute approximate surface area is 256 Å². The summed E-state index contributed by atoms with van der Waals surface area (Å²) >= 11 is 0. The normalized spacial score (nSPS) is 23.6. The molecule has 3 N–H and O–H groups in total. The average Bonchev–Trinajstić information content (AvgIpc) is 2.86. The molecule has 0 saturated carbocycles. The molecule has 0 aromatic heterocycles. The van der Waals surface area contributed by atoms with Crippen molar-refractivity contribution in [2.75, 3.05) is 19.0 Å². The fourth-order valence-corrected chi connectivity index (χ4v) is 4.93. The number of aliphatic hydroxyl groups excluding tert-OH is 3. The first-order chi connectivity index (χ1) is 18.2. The van der Waals surface area contributed by atoms with Gasteiger partial charge in [0.05, 0.1) is 29.1 Å². The summed E-state index contributed by atoms with van der Waals surface area (Å²) < 4.78 is 48.4. The number of allylic oxidation sites excluding steroid dienone is 2. The van der Waals surface area contributed by atoms with E-state index in [1.807, 2.05) is 0 Å². The molecule has 0 aliphatic carbocycles. The van der Waals surface area contributed by atoms with Gasteiger partial charge in [0, 0.05) is 12.8 Å². The molecule has 1 saturated heterocycles. The van der Waals surface area contributed by atoms with Gasteiger partial charge in [-0.15, -0.1) is 0 Å². The summed E-state index contributed by atoms with van der Waals surface area (Å²) in [5, 5.41) is 29.6. The Morgan fingerprint density at radius 3 is 1.97 bits per heavy atom. The third-order valence-corrected chi connectivity index (χ3v) is 7.25. The monoisotopic (exact) mass is 588 g/mol. The zero-order valence-corrected chi connectivity index (χ0v) is 26.7. The number of hydrogen-bond donors (Lipinski definition) is 3. The van der Waals surface area contributed by atoms with Gasteiger partial charge in [-0.05, 0) is 32.1 Å². The summed E-state index contributed by atoms with van der Waals surface area (Å²) in [6.45, 7) is 2.32. The van der Waals surface area contributed by atoms with E-state index in [0.29, 0.717) is 6.42 Å². The smallest absolute Gasteiger partial charge is 0.748 e. The Kier molecular flexibility index (Phi) is 23.4. The topological polar surface area (TPSA) is 163 Å². The maximum absolute atomic E-state index is 11.9. The number of esters is 1. The summed E-state index contributed by atoms with van der Waals surface area (Å²) in [5.41, 5.74) is 0. The first kappa shape index (κ1) is 38.9. The molecule has 1 fully saturated rings. The summed E-state index contributed by atoms with van der Waals surface area (Å²) in [4.78, 5) is 11.9. The maximum atomic E-state index is 11.9. The first-order valence-corrected chi connectivity index (χ1v) is 15.8. The Bertz CT molecular complexity index is 749. The average molecular weight is 589 g/mol. The molecular formula is C27H49NaO10S. The van der Waals surface area contributed by atoms with E-state index < -0.39 is 46.6 Å². The van der Waals surface area contributed by atoms with Crippen LogP contribution in [0.3, 0.4) is 0 Å². The van der Waals surface area contributed by atoms with Crippen molar-refractivity contribution >= 4 is 16.1 Å². The van der Waals surface area contributed by atoms with Gasteiger partial charge in [-0.25, -0.2) is 8.42 Å². The van der Waals surface area contributed by atoms with Gasteiger partial charge < -0.3 is 34.1 Å². The van der Waals surface area contributed by atoms with E-state index in [2.05, 4.69) is 19.1 Å². The number of aliphatic hydroxyl groups is 3. The van der Waals surface area contributed by atoms with E-state index in [4.69, 9.17) is 14.2 Å². The van der Waals surface area contributed by atoms with Crippen molar-refractivity contribution in [3.63, 3.8) is 0 Å². The van der Waals surface area contributed by atoms with Crippen LogP contribution in [0.2, 0.25) is 0 Å². The van der Waals surface area contributed by atoms with Gasteiger partial charge >= 0.3 is 35.5 Å². The minimum Gasteiger partial charge on any atom is -0.748 e. The van der Waals surface area contributed by atoms with Crippen molar-refractivity contribution in [1.29, 1.82) is 0 Å².